The molecule has 2 rings (SSSR count). The second-order valence-electron chi connectivity index (χ2n) is 8.95. The highest BCUT2D eigenvalue weighted by molar-refractivity contribution is 7.93. The SMILES string of the molecule is CCCCCN(C(=O)[C@@H](N)CCCNC(=N)N)[C@@](C)(C(=O)O)S(=O)(=O)c1ccc2ccc(OC)cc2c1. The van der Waals surface area contributed by atoms with Crippen LogP contribution in [0.1, 0.15) is 46.0 Å². The molecule has 0 saturated carbocycles. The number of nitrogens with two attached hydrogens (primary N) is 2. The number of nitrogens with one attached hydrogen (secondary N) is 2. The van der Waals surface area contributed by atoms with Crippen molar-refractivity contribution in [1.29, 1.82) is 5.41 Å². The Labute approximate surface area is 217 Å². The lowest BCUT2D eigenvalue weighted by atomic mass is 10.1. The molecule has 12 heteroatoms. The van der Waals surface area contributed by atoms with Gasteiger partial charge in [0.05, 0.1) is 18.0 Å². The molecule has 0 unspecified atom stereocenters. The lowest BCUT2D eigenvalue weighted by Crippen LogP contribution is -2.63. The van der Waals surface area contributed by atoms with E-state index in [2.05, 4.69) is 5.32 Å². The first kappa shape index (κ1) is 29.8. The molecule has 0 aliphatic rings. The molecule has 2 aromatic carbocycles. The summed E-state index contributed by atoms with van der Waals surface area (Å²) in [5.74, 6) is -2.15. The van der Waals surface area contributed by atoms with Crippen LogP contribution in [0.5, 0.6) is 5.75 Å². The topological polar surface area (TPSA) is 189 Å². The van der Waals surface area contributed by atoms with Crippen LogP contribution < -0.4 is 21.5 Å². The first-order valence-electron chi connectivity index (χ1n) is 12.1. The van der Waals surface area contributed by atoms with Gasteiger partial charge in [0.1, 0.15) is 5.75 Å². The third-order valence-corrected chi connectivity index (χ3v) is 8.66. The predicted octanol–water partition coefficient (Wildman–Crippen LogP) is 2.03. The van der Waals surface area contributed by atoms with E-state index in [-0.39, 0.29) is 23.8 Å². The average molecular weight is 536 g/mol. The zero-order valence-electron chi connectivity index (χ0n) is 21.5. The Morgan fingerprint density at radius 2 is 1.84 bits per heavy atom. The Morgan fingerprint density at radius 1 is 1.16 bits per heavy atom. The van der Waals surface area contributed by atoms with Crippen LogP contribution in [0, 0.1) is 5.41 Å². The van der Waals surface area contributed by atoms with E-state index in [1.807, 2.05) is 6.92 Å². The Hall–Kier alpha value is -3.38. The number of sulfone groups is 1. The average Bonchev–Trinajstić information content (AvgIpc) is 2.87. The van der Waals surface area contributed by atoms with Crippen LogP contribution in [0.4, 0.5) is 0 Å². The van der Waals surface area contributed by atoms with Crippen molar-refractivity contribution in [2.24, 2.45) is 11.5 Å². The number of unbranched alkanes of at least 4 members (excludes halogenated alkanes) is 2. The first-order valence-corrected chi connectivity index (χ1v) is 13.6. The third kappa shape index (κ3) is 6.69. The van der Waals surface area contributed by atoms with E-state index >= 15 is 0 Å². The summed E-state index contributed by atoms with van der Waals surface area (Å²) in [6.07, 6.45) is 2.39. The van der Waals surface area contributed by atoms with Crippen LogP contribution >= 0.6 is 0 Å². The maximum absolute atomic E-state index is 13.9. The molecule has 0 heterocycles. The number of carbonyl (C=O) groups is 2. The highest BCUT2D eigenvalue weighted by Gasteiger charge is 2.54. The lowest BCUT2D eigenvalue weighted by molar-refractivity contribution is -0.153. The van der Waals surface area contributed by atoms with Gasteiger partial charge in [-0.15, -0.1) is 0 Å². The monoisotopic (exact) mass is 535 g/mol. The van der Waals surface area contributed by atoms with Crippen molar-refractivity contribution in [3.05, 3.63) is 36.4 Å². The van der Waals surface area contributed by atoms with Gasteiger partial charge in [-0.2, -0.15) is 0 Å². The van der Waals surface area contributed by atoms with Gasteiger partial charge < -0.3 is 31.5 Å². The zero-order valence-corrected chi connectivity index (χ0v) is 22.3. The molecule has 0 radical (unpaired) electrons. The summed E-state index contributed by atoms with van der Waals surface area (Å²) >= 11 is 0. The molecule has 0 aliphatic heterocycles. The van der Waals surface area contributed by atoms with Crippen LogP contribution in [0.15, 0.2) is 41.3 Å². The number of methoxy groups -OCH3 is 1. The van der Waals surface area contributed by atoms with E-state index in [4.69, 9.17) is 21.6 Å². The summed E-state index contributed by atoms with van der Waals surface area (Å²) in [4.78, 5) is 24.2. The minimum Gasteiger partial charge on any atom is -0.497 e. The minimum absolute atomic E-state index is 0.0878. The summed E-state index contributed by atoms with van der Waals surface area (Å²) in [5, 5.41) is 21.4. The summed E-state index contributed by atoms with van der Waals surface area (Å²) < 4.78 is 33.1. The first-order chi connectivity index (χ1) is 17.4. The summed E-state index contributed by atoms with van der Waals surface area (Å²) in [6, 6.07) is 8.33. The fraction of sp³-hybridized carbons (Fsp3) is 0.480. The van der Waals surface area contributed by atoms with Crippen LogP contribution in [0.2, 0.25) is 0 Å². The molecule has 2 atom stereocenters. The van der Waals surface area contributed by atoms with Crippen LogP contribution in [-0.2, 0) is 19.4 Å². The number of hydrogen-bond acceptors (Lipinski definition) is 7. The second kappa shape index (κ2) is 12.7. The fourth-order valence-corrected chi connectivity index (χ4v) is 5.71. The van der Waals surface area contributed by atoms with Gasteiger partial charge in [0.25, 0.3) is 0 Å². The van der Waals surface area contributed by atoms with Gasteiger partial charge >= 0.3 is 5.97 Å². The molecular formula is C25H37N5O6S. The second-order valence-corrected chi connectivity index (χ2v) is 11.2. The van der Waals surface area contributed by atoms with Crippen molar-refractivity contribution in [3.63, 3.8) is 0 Å². The van der Waals surface area contributed by atoms with Gasteiger partial charge in [-0.05, 0) is 61.2 Å². The smallest absolute Gasteiger partial charge is 0.345 e. The number of carboxylic acids is 1. The van der Waals surface area contributed by atoms with Crippen LogP contribution in [0.25, 0.3) is 10.8 Å². The van der Waals surface area contributed by atoms with E-state index < -0.39 is 32.6 Å². The van der Waals surface area contributed by atoms with E-state index in [9.17, 15) is 23.1 Å². The quantitative estimate of drug-likeness (QED) is 0.137. The predicted molar refractivity (Wildman–Crippen MR) is 142 cm³/mol. The molecule has 0 spiro atoms. The Balaban J connectivity index is 2.52. The molecule has 0 fully saturated rings. The fourth-order valence-electron chi connectivity index (χ4n) is 4.02. The van der Waals surface area contributed by atoms with Crippen LogP contribution in [0.3, 0.4) is 0 Å². The number of carbonyl (C=O) groups excluding carboxylic acids is 1. The van der Waals surface area contributed by atoms with Gasteiger partial charge in [0, 0.05) is 13.1 Å². The Morgan fingerprint density at radius 3 is 2.43 bits per heavy atom. The number of guanidine groups is 1. The molecule has 7 N–H and O–H groups in total. The van der Waals surface area contributed by atoms with Crippen molar-refractivity contribution in [2.75, 3.05) is 20.2 Å². The van der Waals surface area contributed by atoms with Crippen LogP contribution in [-0.4, -0.2) is 67.4 Å². The van der Waals surface area contributed by atoms with Crippen molar-refractivity contribution >= 4 is 38.4 Å². The molecule has 37 heavy (non-hydrogen) atoms. The van der Waals surface area contributed by atoms with Gasteiger partial charge in [-0.3, -0.25) is 10.2 Å². The summed E-state index contributed by atoms with van der Waals surface area (Å²) in [5.41, 5.74) is 11.4. The van der Waals surface area contributed by atoms with Crippen molar-refractivity contribution in [3.8, 4) is 5.75 Å². The van der Waals surface area contributed by atoms with Gasteiger partial charge in [0.2, 0.25) is 20.6 Å². The number of rotatable bonds is 14. The molecule has 0 aromatic heterocycles. The normalized spacial score (nSPS) is 13.9. The number of aliphatic carboxylic acids is 1. The molecule has 0 saturated heterocycles. The van der Waals surface area contributed by atoms with E-state index in [1.165, 1.54) is 19.2 Å². The van der Waals surface area contributed by atoms with Gasteiger partial charge in [-0.25, -0.2) is 13.2 Å². The maximum Gasteiger partial charge on any atom is 0.345 e. The zero-order chi connectivity index (χ0) is 27.8. The number of ether oxygens (including phenoxy) is 1. The van der Waals surface area contributed by atoms with E-state index in [1.54, 1.807) is 24.3 Å². The minimum atomic E-state index is -4.61. The standard InChI is InChI=1S/C25H37N5O6S/c1-4-5-6-14-30(22(31)21(26)8-7-13-29-24(27)28)25(2,23(32)33)37(34,35)20-12-10-17-9-11-19(36-3)15-18(17)16-20/h9-12,15-16,21H,4-8,13-14,26H2,1-3H3,(H,32,33)(H4,27,28,29)/t21-,25+/m0/s1. The molecule has 0 aliphatic carbocycles. The molecule has 204 valence electrons. The third-order valence-electron chi connectivity index (χ3n) is 6.34. The molecule has 1 amide bonds. The largest absolute Gasteiger partial charge is 0.497 e. The molecular weight excluding hydrogens is 498 g/mol. The highest BCUT2D eigenvalue weighted by atomic mass is 32.2. The Bertz CT molecular complexity index is 1240. The molecule has 11 nitrogen and oxygen atoms in total. The van der Waals surface area contributed by atoms with Gasteiger partial charge in [0.15, 0.2) is 5.96 Å². The molecule has 2 aromatic rings. The van der Waals surface area contributed by atoms with Crippen molar-refractivity contribution < 1.29 is 27.9 Å². The van der Waals surface area contributed by atoms with E-state index in [0.717, 1.165) is 23.6 Å². The van der Waals surface area contributed by atoms with Crippen molar-refractivity contribution in [2.45, 2.75) is 61.8 Å². The number of hydrogen-bond donors (Lipinski definition) is 5. The Kier molecular flexibility index (Phi) is 10.3. The van der Waals surface area contributed by atoms with Gasteiger partial charge in [-0.1, -0.05) is 31.9 Å². The number of nitrogens with zero attached hydrogens (tertiary/aromatic N) is 1. The van der Waals surface area contributed by atoms with Crippen molar-refractivity contribution in [1.82, 2.24) is 10.2 Å². The number of amides is 1. The number of carboxylic acid groups (broad SMARTS) is 1. The number of fused-ring (bicyclic) bond motifs is 1. The van der Waals surface area contributed by atoms with E-state index in [0.29, 0.717) is 36.9 Å². The molecule has 0 bridgehead atoms. The summed E-state index contributed by atoms with van der Waals surface area (Å²) in [7, 11) is -3.12. The number of benzene rings is 2. The maximum atomic E-state index is 13.9. The lowest BCUT2D eigenvalue weighted by Gasteiger charge is -2.38. The summed E-state index contributed by atoms with van der Waals surface area (Å²) in [6.45, 7) is 3.18. The highest BCUT2D eigenvalue weighted by Crippen LogP contribution is 2.33.